The summed E-state index contributed by atoms with van der Waals surface area (Å²) in [4.78, 5) is 28.9. The third-order valence-electron chi connectivity index (χ3n) is 6.75. The third kappa shape index (κ3) is 8.82. The van der Waals surface area contributed by atoms with E-state index in [9.17, 15) is 18.0 Å². The smallest absolute Gasteiger partial charge is 0.264 e. The van der Waals surface area contributed by atoms with Gasteiger partial charge in [-0.1, -0.05) is 68.8 Å². The fourth-order valence-electron chi connectivity index (χ4n) is 4.53. The lowest BCUT2D eigenvalue weighted by Crippen LogP contribution is -2.53. The lowest BCUT2D eigenvalue weighted by molar-refractivity contribution is -0.139. The number of hydrogen-bond donors (Lipinski definition) is 1. The molecule has 3 aromatic rings. The Kier molecular flexibility index (Phi) is 12.2. The molecule has 0 fully saturated rings. The Bertz CT molecular complexity index is 1330. The van der Waals surface area contributed by atoms with Crippen LogP contribution < -0.4 is 14.4 Å². The summed E-state index contributed by atoms with van der Waals surface area (Å²) < 4.78 is 34.4. The van der Waals surface area contributed by atoms with Crippen molar-refractivity contribution in [2.75, 3.05) is 30.5 Å². The number of anilines is 1. The number of amides is 2. The molecule has 0 heterocycles. The predicted molar refractivity (Wildman–Crippen MR) is 162 cm³/mol. The van der Waals surface area contributed by atoms with Gasteiger partial charge in [-0.3, -0.25) is 13.9 Å². The molecule has 0 aliphatic carbocycles. The van der Waals surface area contributed by atoms with Crippen LogP contribution in [0.1, 0.15) is 45.6 Å². The van der Waals surface area contributed by atoms with Gasteiger partial charge in [0.05, 0.1) is 17.2 Å². The monoisotopic (exact) mass is 579 g/mol. The Morgan fingerprint density at radius 2 is 1.51 bits per heavy atom. The summed E-state index contributed by atoms with van der Waals surface area (Å²) in [5, 5.41) is 2.95. The van der Waals surface area contributed by atoms with E-state index >= 15 is 0 Å². The molecule has 41 heavy (non-hydrogen) atoms. The molecule has 0 radical (unpaired) electrons. The van der Waals surface area contributed by atoms with Crippen molar-refractivity contribution in [2.24, 2.45) is 0 Å². The van der Waals surface area contributed by atoms with Crippen LogP contribution in [0.15, 0.2) is 89.8 Å². The van der Waals surface area contributed by atoms with E-state index in [1.807, 2.05) is 51.1 Å². The SMILES string of the molecule is CCCCNC(=O)C(CC)N(CCc1ccccc1)C(=O)CN(c1ccc(OCC)cc1)S(=O)(=O)c1ccccc1. The largest absolute Gasteiger partial charge is 0.494 e. The van der Waals surface area contributed by atoms with Gasteiger partial charge in [-0.05, 0) is 68.1 Å². The highest BCUT2D eigenvalue weighted by atomic mass is 32.2. The Balaban J connectivity index is 1.97. The molecule has 3 aromatic carbocycles. The van der Waals surface area contributed by atoms with Gasteiger partial charge < -0.3 is 15.0 Å². The number of carbonyl (C=O) groups is 2. The van der Waals surface area contributed by atoms with Gasteiger partial charge in [0.15, 0.2) is 0 Å². The number of hydrogen-bond acceptors (Lipinski definition) is 5. The van der Waals surface area contributed by atoms with Crippen molar-refractivity contribution in [2.45, 2.75) is 57.4 Å². The molecule has 0 saturated carbocycles. The summed E-state index contributed by atoms with van der Waals surface area (Å²) in [5.74, 6) is -0.0911. The van der Waals surface area contributed by atoms with E-state index in [0.29, 0.717) is 37.4 Å². The molecule has 9 heteroatoms. The molecule has 1 N–H and O–H groups in total. The highest BCUT2D eigenvalue weighted by molar-refractivity contribution is 7.92. The van der Waals surface area contributed by atoms with Crippen LogP contribution in [0.2, 0.25) is 0 Å². The minimum absolute atomic E-state index is 0.0712. The van der Waals surface area contributed by atoms with Gasteiger partial charge in [0.1, 0.15) is 18.3 Å². The molecule has 2 amide bonds. The third-order valence-corrected chi connectivity index (χ3v) is 8.53. The van der Waals surface area contributed by atoms with Crippen molar-refractivity contribution < 1.29 is 22.7 Å². The van der Waals surface area contributed by atoms with E-state index in [2.05, 4.69) is 5.32 Å². The molecular formula is C32H41N3O5S. The number of ether oxygens (including phenoxy) is 1. The molecule has 0 aliphatic heterocycles. The fraction of sp³-hybridized carbons (Fsp3) is 0.375. The molecular weight excluding hydrogens is 538 g/mol. The maximum Gasteiger partial charge on any atom is 0.264 e. The zero-order valence-electron chi connectivity index (χ0n) is 24.2. The average Bonchev–Trinajstić information content (AvgIpc) is 2.99. The Morgan fingerprint density at radius 3 is 2.10 bits per heavy atom. The summed E-state index contributed by atoms with van der Waals surface area (Å²) in [6, 6.07) is 23.6. The quantitative estimate of drug-likeness (QED) is 0.240. The van der Waals surface area contributed by atoms with E-state index in [1.54, 1.807) is 42.5 Å². The number of unbranched alkanes of at least 4 members (excludes halogenated alkanes) is 1. The molecule has 0 aromatic heterocycles. The second-order valence-electron chi connectivity index (χ2n) is 9.64. The molecule has 1 atom stereocenters. The van der Waals surface area contributed by atoms with Crippen molar-refractivity contribution in [1.82, 2.24) is 10.2 Å². The number of nitrogens with one attached hydrogen (secondary N) is 1. The molecule has 0 aliphatic rings. The van der Waals surface area contributed by atoms with Crippen molar-refractivity contribution >= 4 is 27.5 Å². The Morgan fingerprint density at radius 1 is 0.878 bits per heavy atom. The maximum atomic E-state index is 14.0. The van der Waals surface area contributed by atoms with E-state index in [1.165, 1.54) is 17.0 Å². The maximum absolute atomic E-state index is 14.0. The van der Waals surface area contributed by atoms with Crippen LogP contribution in [-0.4, -0.2) is 57.4 Å². The summed E-state index contributed by atoms with van der Waals surface area (Å²) in [7, 11) is -4.10. The lowest BCUT2D eigenvalue weighted by atomic mass is 10.1. The van der Waals surface area contributed by atoms with Crippen LogP contribution in [0.5, 0.6) is 5.75 Å². The minimum Gasteiger partial charge on any atom is -0.494 e. The predicted octanol–water partition coefficient (Wildman–Crippen LogP) is 5.05. The number of benzene rings is 3. The zero-order valence-corrected chi connectivity index (χ0v) is 25.0. The molecule has 0 bridgehead atoms. The van der Waals surface area contributed by atoms with Gasteiger partial charge in [-0.15, -0.1) is 0 Å². The van der Waals surface area contributed by atoms with Crippen LogP contribution in [0.3, 0.4) is 0 Å². The number of sulfonamides is 1. The molecule has 3 rings (SSSR count). The van der Waals surface area contributed by atoms with Gasteiger partial charge in [-0.2, -0.15) is 0 Å². The topological polar surface area (TPSA) is 96.0 Å². The van der Waals surface area contributed by atoms with Crippen molar-refractivity contribution in [3.63, 3.8) is 0 Å². The molecule has 220 valence electrons. The van der Waals surface area contributed by atoms with Gasteiger partial charge in [0, 0.05) is 13.1 Å². The van der Waals surface area contributed by atoms with Gasteiger partial charge in [0.2, 0.25) is 11.8 Å². The normalized spacial score (nSPS) is 11.9. The molecule has 1 unspecified atom stereocenters. The van der Waals surface area contributed by atoms with Crippen LogP contribution in [0.25, 0.3) is 0 Å². The second kappa shape index (κ2) is 15.8. The standard InChI is InChI=1S/C32H41N3O5S/c1-4-7-23-33-32(37)30(5-2)34(24-22-26-14-10-8-11-15-26)31(36)25-35(27-18-20-28(21-19-27)40-6-3)41(38,39)29-16-12-9-13-17-29/h8-21,30H,4-7,22-25H2,1-3H3,(H,33,37). The molecule has 0 spiro atoms. The summed E-state index contributed by atoms with van der Waals surface area (Å²) in [6.45, 7) is 6.57. The first-order valence-electron chi connectivity index (χ1n) is 14.2. The van der Waals surface area contributed by atoms with Crippen molar-refractivity contribution in [3.05, 3.63) is 90.5 Å². The molecule has 8 nitrogen and oxygen atoms in total. The van der Waals surface area contributed by atoms with Crippen LogP contribution in [0.4, 0.5) is 5.69 Å². The van der Waals surface area contributed by atoms with Gasteiger partial charge >= 0.3 is 0 Å². The fourth-order valence-corrected chi connectivity index (χ4v) is 5.96. The van der Waals surface area contributed by atoms with Crippen molar-refractivity contribution in [1.29, 1.82) is 0 Å². The van der Waals surface area contributed by atoms with Crippen LogP contribution in [-0.2, 0) is 26.0 Å². The van der Waals surface area contributed by atoms with E-state index < -0.39 is 28.5 Å². The van der Waals surface area contributed by atoms with Crippen molar-refractivity contribution in [3.8, 4) is 5.75 Å². The summed E-state index contributed by atoms with van der Waals surface area (Å²) >= 11 is 0. The van der Waals surface area contributed by atoms with E-state index in [-0.39, 0.29) is 17.3 Å². The van der Waals surface area contributed by atoms with E-state index in [4.69, 9.17) is 4.74 Å². The summed E-state index contributed by atoms with van der Waals surface area (Å²) in [5.41, 5.74) is 1.35. The molecule has 0 saturated heterocycles. The minimum atomic E-state index is -4.10. The Hall–Kier alpha value is -3.85. The van der Waals surface area contributed by atoms with Gasteiger partial charge in [-0.25, -0.2) is 8.42 Å². The number of nitrogens with zero attached hydrogens (tertiary/aromatic N) is 2. The Labute approximate surface area is 244 Å². The van der Waals surface area contributed by atoms with Gasteiger partial charge in [0.25, 0.3) is 10.0 Å². The van der Waals surface area contributed by atoms with Crippen LogP contribution >= 0.6 is 0 Å². The number of rotatable bonds is 16. The lowest BCUT2D eigenvalue weighted by Gasteiger charge is -2.33. The van der Waals surface area contributed by atoms with E-state index in [0.717, 1.165) is 22.7 Å². The summed E-state index contributed by atoms with van der Waals surface area (Å²) in [6.07, 6.45) is 2.69. The zero-order chi connectivity index (χ0) is 29.7. The first-order chi connectivity index (χ1) is 19.8. The number of carbonyl (C=O) groups excluding carboxylic acids is 2. The first kappa shape index (κ1) is 31.7. The average molecular weight is 580 g/mol. The first-order valence-corrected chi connectivity index (χ1v) is 15.7. The highest BCUT2D eigenvalue weighted by Crippen LogP contribution is 2.26. The highest BCUT2D eigenvalue weighted by Gasteiger charge is 2.33. The van der Waals surface area contributed by atoms with Crippen LogP contribution in [0, 0.1) is 0 Å². The second-order valence-corrected chi connectivity index (χ2v) is 11.5.